The topological polar surface area (TPSA) is 95.4 Å². The lowest BCUT2D eigenvalue weighted by Gasteiger charge is -2.05. The highest BCUT2D eigenvalue weighted by Gasteiger charge is 2.12. The summed E-state index contributed by atoms with van der Waals surface area (Å²) in [6.07, 6.45) is 1.25. The molecule has 4 N–H and O–H groups in total. The van der Waals surface area contributed by atoms with Gasteiger partial charge >= 0.3 is 5.97 Å². The molecule has 0 fully saturated rings. The van der Waals surface area contributed by atoms with Gasteiger partial charge in [0, 0.05) is 4.90 Å². The Balaban J connectivity index is 0.000000873. The first kappa shape index (κ1) is 16.5. The molecule has 1 amide bonds. The molecule has 0 saturated heterocycles. The lowest BCUT2D eigenvalue weighted by atomic mass is 10.1. The Morgan fingerprint density at radius 1 is 1.33 bits per heavy atom. The Hall–Kier alpha value is -1.53. The number of carbonyl (C=O) groups excluding carboxylic acids is 2. The zero-order valence-corrected chi connectivity index (χ0v) is 11.5. The first-order valence-corrected chi connectivity index (χ1v) is 6.28. The molecule has 0 unspecified atom stereocenters. The van der Waals surface area contributed by atoms with E-state index in [4.69, 9.17) is 10.9 Å². The van der Waals surface area contributed by atoms with Crippen molar-refractivity contribution in [3.05, 3.63) is 29.3 Å². The maximum Gasteiger partial charge on any atom is 0.337 e. The minimum absolute atomic E-state index is 0.287. The minimum Gasteiger partial charge on any atom is -0.465 e. The molecule has 0 bridgehead atoms. The molecule has 1 aromatic rings. The molecule has 6 heteroatoms. The zero-order chi connectivity index (χ0) is 14.1. The predicted octanol–water partition coefficient (Wildman–Crippen LogP) is 1.95. The number of carbonyl (C=O) groups is 2. The van der Waals surface area contributed by atoms with Crippen LogP contribution in [0.1, 0.15) is 41.0 Å². The van der Waals surface area contributed by atoms with E-state index in [-0.39, 0.29) is 5.56 Å². The Morgan fingerprint density at radius 2 is 1.89 bits per heavy atom. The van der Waals surface area contributed by atoms with Gasteiger partial charge < -0.3 is 10.5 Å². The Bertz CT molecular complexity index is 422. The quantitative estimate of drug-likeness (QED) is 0.646. The van der Waals surface area contributed by atoms with Crippen LogP contribution in [0.5, 0.6) is 0 Å². The van der Waals surface area contributed by atoms with E-state index in [1.165, 1.54) is 31.7 Å². The van der Waals surface area contributed by atoms with Crippen molar-refractivity contribution in [3.63, 3.8) is 0 Å². The highest BCUT2D eigenvalue weighted by Crippen LogP contribution is 2.20. The van der Waals surface area contributed by atoms with Crippen molar-refractivity contribution < 1.29 is 14.3 Å². The van der Waals surface area contributed by atoms with Gasteiger partial charge in [-0.05, 0) is 30.1 Å². The maximum atomic E-state index is 11.2. The van der Waals surface area contributed by atoms with Gasteiger partial charge in [0.25, 0.3) is 0 Å². The number of benzene rings is 1. The number of amides is 1. The van der Waals surface area contributed by atoms with Crippen LogP contribution >= 0.6 is 11.9 Å². The zero-order valence-electron chi connectivity index (χ0n) is 10.7. The largest absolute Gasteiger partial charge is 0.465 e. The molecular weight excluding hydrogens is 252 g/mol. The van der Waals surface area contributed by atoms with Gasteiger partial charge in [0.05, 0.1) is 18.2 Å². The first-order valence-electron chi connectivity index (χ1n) is 5.40. The number of primary amides is 1. The van der Waals surface area contributed by atoms with E-state index >= 15 is 0 Å². The van der Waals surface area contributed by atoms with E-state index < -0.39 is 11.9 Å². The van der Waals surface area contributed by atoms with Crippen LogP contribution in [0.25, 0.3) is 0 Å². The first-order chi connectivity index (χ1) is 8.51. The van der Waals surface area contributed by atoms with Crippen molar-refractivity contribution in [2.75, 3.05) is 7.11 Å². The number of nitrogens with two attached hydrogens (primary N) is 2. The normalized spacial score (nSPS) is 9.11. The van der Waals surface area contributed by atoms with Crippen molar-refractivity contribution in [2.45, 2.75) is 25.2 Å². The van der Waals surface area contributed by atoms with Crippen LogP contribution in [0, 0.1) is 0 Å². The van der Waals surface area contributed by atoms with E-state index in [2.05, 4.69) is 18.6 Å². The van der Waals surface area contributed by atoms with Gasteiger partial charge in [-0.3, -0.25) is 9.93 Å². The molecule has 0 aromatic heterocycles. The minimum atomic E-state index is -0.584. The summed E-state index contributed by atoms with van der Waals surface area (Å²) < 4.78 is 4.53. The molecule has 100 valence electrons. The summed E-state index contributed by atoms with van der Waals surface area (Å²) in [6.45, 7) is 4.25. The van der Waals surface area contributed by atoms with Crippen molar-refractivity contribution in [2.24, 2.45) is 10.9 Å². The number of hydrogen-bond acceptors (Lipinski definition) is 5. The molecule has 0 aliphatic heterocycles. The van der Waals surface area contributed by atoms with E-state index in [1.54, 1.807) is 0 Å². The molecule has 1 rings (SSSR count). The predicted molar refractivity (Wildman–Crippen MR) is 72.3 cm³/mol. The van der Waals surface area contributed by atoms with Crippen LogP contribution in [0.2, 0.25) is 0 Å². The number of ether oxygens (including phenoxy) is 1. The second kappa shape index (κ2) is 8.54. The summed E-state index contributed by atoms with van der Waals surface area (Å²) in [7, 11) is 1.28. The molecule has 0 heterocycles. The van der Waals surface area contributed by atoms with Crippen molar-refractivity contribution in [1.29, 1.82) is 0 Å². The fraction of sp³-hybridized carbons (Fsp3) is 0.333. The van der Waals surface area contributed by atoms with Gasteiger partial charge in [0.15, 0.2) is 0 Å². The number of rotatable bonds is 3. The fourth-order valence-electron chi connectivity index (χ4n) is 1.07. The second-order valence-corrected chi connectivity index (χ2v) is 4.07. The standard InChI is InChI=1S/C9H10N2O3S.C3H8/c1-14-9(13)5-2-3-6(8(10)12)7(4-5)15-11;1-3-2/h2-4H,11H2,1H3,(H2,10,12);3H2,1-2H3. The summed E-state index contributed by atoms with van der Waals surface area (Å²) in [5.41, 5.74) is 5.74. The summed E-state index contributed by atoms with van der Waals surface area (Å²) in [6, 6.07) is 4.38. The van der Waals surface area contributed by atoms with Crippen LogP contribution in [-0.4, -0.2) is 19.0 Å². The average molecular weight is 270 g/mol. The maximum absolute atomic E-state index is 11.2. The Morgan fingerprint density at radius 3 is 2.28 bits per heavy atom. The summed E-state index contributed by atoms with van der Waals surface area (Å²) in [4.78, 5) is 22.6. The SMILES string of the molecule is CCC.COC(=O)c1ccc(C(N)=O)c(SN)c1. The van der Waals surface area contributed by atoms with E-state index in [0.29, 0.717) is 10.5 Å². The van der Waals surface area contributed by atoms with E-state index in [1.807, 2.05) is 0 Å². The third-order valence-electron chi connectivity index (χ3n) is 1.80. The van der Waals surface area contributed by atoms with Crippen molar-refractivity contribution in [3.8, 4) is 0 Å². The smallest absolute Gasteiger partial charge is 0.337 e. The van der Waals surface area contributed by atoms with Crippen molar-refractivity contribution >= 4 is 23.8 Å². The molecule has 0 aliphatic rings. The number of methoxy groups -OCH3 is 1. The van der Waals surface area contributed by atoms with Crippen LogP contribution in [0.15, 0.2) is 23.1 Å². The van der Waals surface area contributed by atoms with Crippen LogP contribution in [0.3, 0.4) is 0 Å². The van der Waals surface area contributed by atoms with Gasteiger partial charge in [0.2, 0.25) is 5.91 Å². The molecule has 0 atom stereocenters. The monoisotopic (exact) mass is 270 g/mol. The molecule has 5 nitrogen and oxygen atoms in total. The van der Waals surface area contributed by atoms with Crippen molar-refractivity contribution in [1.82, 2.24) is 0 Å². The van der Waals surface area contributed by atoms with Gasteiger partial charge in [-0.25, -0.2) is 4.79 Å². The van der Waals surface area contributed by atoms with E-state index in [0.717, 1.165) is 11.9 Å². The van der Waals surface area contributed by atoms with Gasteiger partial charge in [-0.15, -0.1) is 0 Å². The Labute approximate surface area is 111 Å². The average Bonchev–Trinajstić information content (AvgIpc) is 2.37. The number of hydrogen-bond donors (Lipinski definition) is 2. The van der Waals surface area contributed by atoms with E-state index in [9.17, 15) is 9.59 Å². The van der Waals surface area contributed by atoms with Crippen LogP contribution in [-0.2, 0) is 4.74 Å². The lowest BCUT2D eigenvalue weighted by Crippen LogP contribution is -2.13. The number of esters is 1. The third kappa shape index (κ3) is 4.77. The highest BCUT2D eigenvalue weighted by atomic mass is 32.2. The highest BCUT2D eigenvalue weighted by molar-refractivity contribution is 7.97. The Kier molecular flexibility index (Phi) is 7.82. The van der Waals surface area contributed by atoms with Gasteiger partial charge in [-0.2, -0.15) is 0 Å². The van der Waals surface area contributed by atoms with Gasteiger partial charge in [0.1, 0.15) is 0 Å². The summed E-state index contributed by atoms with van der Waals surface area (Å²) in [5.74, 6) is -1.07. The molecule has 1 aromatic carbocycles. The molecule has 18 heavy (non-hydrogen) atoms. The molecule has 0 aliphatic carbocycles. The third-order valence-corrected chi connectivity index (χ3v) is 2.39. The second-order valence-electron chi connectivity index (χ2n) is 3.39. The molecular formula is C12H18N2O3S. The lowest BCUT2D eigenvalue weighted by molar-refractivity contribution is 0.0600. The van der Waals surface area contributed by atoms with Crippen LogP contribution in [0.4, 0.5) is 0 Å². The molecule has 0 saturated carbocycles. The fourth-order valence-corrected chi connectivity index (χ4v) is 1.56. The molecule has 0 spiro atoms. The summed E-state index contributed by atoms with van der Waals surface area (Å²) >= 11 is 0.857. The van der Waals surface area contributed by atoms with Gasteiger partial charge in [-0.1, -0.05) is 20.3 Å². The van der Waals surface area contributed by atoms with Crippen LogP contribution < -0.4 is 10.9 Å². The summed E-state index contributed by atoms with van der Waals surface area (Å²) in [5, 5.41) is 5.36. The molecule has 0 radical (unpaired) electrons.